The molecule has 1 aliphatic rings. The number of anilines is 1. The summed E-state index contributed by atoms with van der Waals surface area (Å²) in [5, 5.41) is 1.37. The van der Waals surface area contributed by atoms with Crippen LogP contribution in [0.25, 0.3) is 11.0 Å². The normalized spacial score (nSPS) is 13.2. The van der Waals surface area contributed by atoms with Crippen LogP contribution in [0, 0.1) is 0 Å². The first-order valence-electron chi connectivity index (χ1n) is 9.43. The molecule has 3 aromatic rings. The average molecular weight is 416 g/mol. The molecule has 0 saturated heterocycles. The molecule has 6 nitrogen and oxygen atoms in total. The van der Waals surface area contributed by atoms with Gasteiger partial charge in [0.25, 0.3) is 0 Å². The van der Waals surface area contributed by atoms with E-state index in [9.17, 15) is 4.79 Å². The molecule has 7 heteroatoms. The molecule has 152 valence electrons. The first kappa shape index (κ1) is 19.5. The molecular weight excluding hydrogens is 394 g/mol. The van der Waals surface area contributed by atoms with Crippen LogP contribution in [0.1, 0.15) is 24.5 Å². The molecule has 0 amide bonds. The maximum absolute atomic E-state index is 12.2. The molecule has 4 rings (SSSR count). The Balaban J connectivity index is 1.84. The Hall–Kier alpha value is -2.86. The van der Waals surface area contributed by atoms with Gasteiger partial charge in [0.15, 0.2) is 6.73 Å². The zero-order valence-electron chi connectivity index (χ0n) is 16.6. The number of methoxy groups -OCH3 is 2. The molecule has 0 saturated carbocycles. The topological polar surface area (TPSA) is 61.1 Å². The Kier molecular flexibility index (Phi) is 5.28. The van der Waals surface area contributed by atoms with E-state index in [1.165, 1.54) is 0 Å². The fourth-order valence-electron chi connectivity index (χ4n) is 3.67. The minimum atomic E-state index is -0.370. The first-order chi connectivity index (χ1) is 14.0. The highest BCUT2D eigenvalue weighted by molar-refractivity contribution is 6.33. The molecule has 0 unspecified atom stereocenters. The number of halogens is 1. The van der Waals surface area contributed by atoms with Crippen LogP contribution in [-0.4, -0.2) is 21.0 Å². The van der Waals surface area contributed by atoms with Gasteiger partial charge < -0.3 is 23.5 Å². The van der Waals surface area contributed by atoms with Gasteiger partial charge in [-0.3, -0.25) is 0 Å². The first-order valence-corrected chi connectivity index (χ1v) is 9.80. The molecule has 0 atom stereocenters. The van der Waals surface area contributed by atoms with Gasteiger partial charge in [-0.15, -0.1) is 0 Å². The summed E-state index contributed by atoms with van der Waals surface area (Å²) in [5.74, 6) is 1.91. The van der Waals surface area contributed by atoms with Crippen molar-refractivity contribution in [2.75, 3.05) is 25.9 Å². The highest BCUT2D eigenvalue weighted by Crippen LogP contribution is 2.41. The predicted octanol–water partition coefficient (Wildman–Crippen LogP) is 4.77. The van der Waals surface area contributed by atoms with Crippen molar-refractivity contribution in [3.63, 3.8) is 0 Å². The number of nitrogens with zero attached hydrogens (tertiary/aromatic N) is 1. The quantitative estimate of drug-likeness (QED) is 0.559. The third-order valence-corrected chi connectivity index (χ3v) is 5.34. The standard InChI is InChI=1S/C22H22ClNO5/c1-4-5-13-6-20(25)29-21-17(13)10-19(23)22-18(21)11-24(12-28-22)14-7-15(26-2)9-16(8-14)27-3/h6-10H,4-5,11-12H2,1-3H3. The SMILES string of the molecule is CCCc1cc(=O)oc2c3c(c(Cl)cc12)OCN(c1cc(OC)cc(OC)c1)C3. The largest absolute Gasteiger partial charge is 0.497 e. The van der Waals surface area contributed by atoms with Crippen LogP contribution in [0.5, 0.6) is 17.2 Å². The lowest BCUT2D eigenvalue weighted by Gasteiger charge is -2.32. The van der Waals surface area contributed by atoms with E-state index >= 15 is 0 Å². The lowest BCUT2D eigenvalue weighted by Crippen LogP contribution is -2.32. The van der Waals surface area contributed by atoms with Gasteiger partial charge in [0.2, 0.25) is 0 Å². The third-order valence-electron chi connectivity index (χ3n) is 5.06. The van der Waals surface area contributed by atoms with Crippen molar-refractivity contribution >= 4 is 28.3 Å². The summed E-state index contributed by atoms with van der Waals surface area (Å²) in [6.07, 6.45) is 1.69. The minimum absolute atomic E-state index is 0.299. The Morgan fingerprint density at radius 2 is 1.83 bits per heavy atom. The monoisotopic (exact) mass is 415 g/mol. The molecule has 29 heavy (non-hydrogen) atoms. The molecule has 1 aromatic heterocycles. The number of hydrogen-bond donors (Lipinski definition) is 0. The lowest BCUT2D eigenvalue weighted by atomic mass is 10.0. The highest BCUT2D eigenvalue weighted by Gasteiger charge is 2.26. The van der Waals surface area contributed by atoms with Crippen LogP contribution in [-0.2, 0) is 13.0 Å². The number of fused-ring (bicyclic) bond motifs is 3. The molecule has 0 bridgehead atoms. The van der Waals surface area contributed by atoms with Gasteiger partial charge in [-0.25, -0.2) is 4.79 Å². The molecule has 0 spiro atoms. The number of ether oxygens (including phenoxy) is 3. The van der Waals surface area contributed by atoms with Crippen molar-refractivity contribution in [3.8, 4) is 17.2 Å². The van der Waals surface area contributed by atoms with E-state index < -0.39 is 0 Å². The van der Waals surface area contributed by atoms with E-state index in [-0.39, 0.29) is 5.63 Å². The van der Waals surface area contributed by atoms with Gasteiger partial charge in [0.05, 0.1) is 31.4 Å². The zero-order chi connectivity index (χ0) is 20.5. The smallest absolute Gasteiger partial charge is 0.336 e. The summed E-state index contributed by atoms with van der Waals surface area (Å²) >= 11 is 6.52. The van der Waals surface area contributed by atoms with Gasteiger partial charge in [-0.05, 0) is 18.1 Å². The second-order valence-electron chi connectivity index (χ2n) is 6.93. The molecule has 2 heterocycles. The van der Waals surface area contributed by atoms with E-state index in [0.717, 1.165) is 35.0 Å². The zero-order valence-corrected chi connectivity index (χ0v) is 17.3. The van der Waals surface area contributed by atoms with Crippen molar-refractivity contribution < 1.29 is 18.6 Å². The van der Waals surface area contributed by atoms with Gasteiger partial charge in [-0.1, -0.05) is 24.9 Å². The summed E-state index contributed by atoms with van der Waals surface area (Å²) in [6, 6.07) is 8.99. The van der Waals surface area contributed by atoms with E-state index in [1.807, 2.05) is 29.2 Å². The van der Waals surface area contributed by atoms with Crippen LogP contribution in [0.15, 0.2) is 39.5 Å². The molecule has 1 aliphatic heterocycles. The fraction of sp³-hybridized carbons (Fsp3) is 0.318. The average Bonchev–Trinajstić information content (AvgIpc) is 2.74. The number of aryl methyl sites for hydroxylation is 1. The number of benzene rings is 2. The van der Waals surface area contributed by atoms with E-state index in [4.69, 9.17) is 30.2 Å². The Bertz CT molecular complexity index is 1100. The van der Waals surface area contributed by atoms with Crippen molar-refractivity contribution in [2.45, 2.75) is 26.3 Å². The summed E-state index contributed by atoms with van der Waals surface area (Å²) in [6.45, 7) is 2.84. The maximum atomic E-state index is 12.2. The maximum Gasteiger partial charge on any atom is 0.336 e. The van der Waals surface area contributed by atoms with Crippen molar-refractivity contribution in [1.29, 1.82) is 0 Å². The molecule has 0 aliphatic carbocycles. The van der Waals surface area contributed by atoms with Gasteiger partial charge in [-0.2, -0.15) is 0 Å². The van der Waals surface area contributed by atoms with Gasteiger partial charge >= 0.3 is 5.63 Å². The Morgan fingerprint density at radius 1 is 1.10 bits per heavy atom. The summed E-state index contributed by atoms with van der Waals surface area (Å²) < 4.78 is 22.3. The molecule has 0 radical (unpaired) electrons. The second-order valence-corrected chi connectivity index (χ2v) is 7.33. The van der Waals surface area contributed by atoms with E-state index in [0.29, 0.717) is 41.1 Å². The molecule has 2 aromatic carbocycles. The Morgan fingerprint density at radius 3 is 2.48 bits per heavy atom. The van der Waals surface area contributed by atoms with Gasteiger partial charge in [0.1, 0.15) is 22.8 Å². The fourth-order valence-corrected chi connectivity index (χ4v) is 3.95. The predicted molar refractivity (Wildman–Crippen MR) is 113 cm³/mol. The summed E-state index contributed by atoms with van der Waals surface area (Å²) in [4.78, 5) is 14.2. The van der Waals surface area contributed by atoms with Crippen molar-refractivity contribution in [1.82, 2.24) is 0 Å². The molecule has 0 fully saturated rings. The highest BCUT2D eigenvalue weighted by atomic mass is 35.5. The van der Waals surface area contributed by atoms with Crippen molar-refractivity contribution in [2.24, 2.45) is 0 Å². The summed E-state index contributed by atoms with van der Waals surface area (Å²) in [7, 11) is 3.22. The van der Waals surface area contributed by atoms with Crippen LogP contribution in [0.2, 0.25) is 5.02 Å². The molecule has 0 N–H and O–H groups in total. The van der Waals surface area contributed by atoms with E-state index in [1.54, 1.807) is 20.3 Å². The number of rotatable bonds is 5. The Labute approximate surface area is 173 Å². The van der Waals surface area contributed by atoms with Crippen LogP contribution < -0.4 is 24.7 Å². The lowest BCUT2D eigenvalue weighted by molar-refractivity contribution is 0.289. The van der Waals surface area contributed by atoms with Gasteiger partial charge in [0, 0.05) is 35.3 Å². The second kappa shape index (κ2) is 7.87. The van der Waals surface area contributed by atoms with E-state index in [2.05, 4.69) is 6.92 Å². The van der Waals surface area contributed by atoms with Crippen LogP contribution >= 0.6 is 11.6 Å². The van der Waals surface area contributed by atoms with Crippen molar-refractivity contribution in [3.05, 3.63) is 56.9 Å². The minimum Gasteiger partial charge on any atom is -0.497 e. The number of hydrogen-bond acceptors (Lipinski definition) is 6. The van der Waals surface area contributed by atoms with Crippen LogP contribution in [0.4, 0.5) is 5.69 Å². The molecular formula is C22H22ClNO5. The van der Waals surface area contributed by atoms with Crippen LogP contribution in [0.3, 0.4) is 0 Å². The third kappa shape index (κ3) is 3.60. The summed E-state index contributed by atoms with van der Waals surface area (Å²) in [5.41, 5.74) is 2.72.